The van der Waals surface area contributed by atoms with Gasteiger partial charge in [0.25, 0.3) is 0 Å². The Balaban J connectivity index is 1.43. The quantitative estimate of drug-likeness (QED) is 0.273. The van der Waals surface area contributed by atoms with Gasteiger partial charge in [-0.25, -0.2) is 13.2 Å². The molecule has 2 aliphatic carbocycles. The van der Waals surface area contributed by atoms with Gasteiger partial charge < -0.3 is 4.74 Å². The maximum absolute atomic E-state index is 15.2. The molecular weight excluding hydrogens is 466 g/mol. The molecule has 1 atom stereocenters. The first-order valence-corrected chi connectivity index (χ1v) is 12.7. The number of hydrogen-bond donors (Lipinski definition) is 0. The lowest BCUT2D eigenvalue weighted by atomic mass is 9.76. The molecule has 0 aliphatic heterocycles. The van der Waals surface area contributed by atoms with Crippen LogP contribution in [0.5, 0.6) is 5.75 Å². The molecule has 1 unspecified atom stereocenters. The molecule has 2 aromatic rings. The van der Waals surface area contributed by atoms with Gasteiger partial charge in [-0.1, -0.05) is 44.7 Å². The maximum Gasteiger partial charge on any atom is 0.573 e. The van der Waals surface area contributed by atoms with Crippen LogP contribution in [0.2, 0.25) is 0 Å². The summed E-state index contributed by atoms with van der Waals surface area (Å²) in [6.45, 7) is 2.21. The van der Waals surface area contributed by atoms with E-state index in [0.29, 0.717) is 17.9 Å². The Hall–Kier alpha value is -2.18. The van der Waals surface area contributed by atoms with Gasteiger partial charge in [0.05, 0.1) is 0 Å². The third-order valence-electron chi connectivity index (χ3n) is 7.80. The SMILES string of the molecule is CCCCCC1CCC(c2ccc(C3CCc4c(cc(F)c(OC(F)(F)F)c4F)C3)c(F)c2)CC1. The smallest absolute Gasteiger partial charge is 0.399 e. The van der Waals surface area contributed by atoms with Gasteiger partial charge >= 0.3 is 6.36 Å². The van der Waals surface area contributed by atoms with Crippen molar-refractivity contribution < 1.29 is 31.1 Å². The van der Waals surface area contributed by atoms with Crippen LogP contribution in [0.15, 0.2) is 24.3 Å². The summed E-state index contributed by atoms with van der Waals surface area (Å²) < 4.78 is 85.1. The molecule has 0 bridgehead atoms. The summed E-state index contributed by atoms with van der Waals surface area (Å²) in [5.74, 6) is -3.64. The first-order valence-electron chi connectivity index (χ1n) is 12.7. The lowest BCUT2D eigenvalue weighted by Crippen LogP contribution is -2.21. The van der Waals surface area contributed by atoms with Crippen LogP contribution < -0.4 is 4.74 Å². The molecule has 192 valence electrons. The zero-order valence-electron chi connectivity index (χ0n) is 20.0. The Morgan fingerprint density at radius 3 is 2.29 bits per heavy atom. The monoisotopic (exact) mass is 498 g/mol. The van der Waals surface area contributed by atoms with Gasteiger partial charge in [0.1, 0.15) is 5.82 Å². The van der Waals surface area contributed by atoms with Crippen LogP contribution in [0, 0.1) is 23.4 Å². The minimum absolute atomic E-state index is 0.00891. The predicted molar refractivity (Wildman–Crippen MR) is 123 cm³/mol. The van der Waals surface area contributed by atoms with Gasteiger partial charge in [0, 0.05) is 0 Å². The number of alkyl halides is 3. The van der Waals surface area contributed by atoms with Gasteiger partial charge in [-0.2, -0.15) is 0 Å². The molecule has 1 saturated carbocycles. The van der Waals surface area contributed by atoms with Gasteiger partial charge in [-0.15, -0.1) is 13.2 Å². The number of unbranched alkanes of at least 4 members (excludes halogenated alkanes) is 2. The Morgan fingerprint density at radius 1 is 0.886 bits per heavy atom. The molecule has 0 heterocycles. The van der Waals surface area contributed by atoms with E-state index in [1.54, 1.807) is 12.1 Å². The highest BCUT2D eigenvalue weighted by Crippen LogP contribution is 2.42. The Morgan fingerprint density at radius 2 is 1.63 bits per heavy atom. The lowest BCUT2D eigenvalue weighted by molar-refractivity contribution is -0.276. The van der Waals surface area contributed by atoms with E-state index in [1.807, 2.05) is 6.07 Å². The first kappa shape index (κ1) is 25.9. The summed E-state index contributed by atoms with van der Waals surface area (Å²) in [6, 6.07) is 6.24. The zero-order chi connectivity index (χ0) is 25.2. The van der Waals surface area contributed by atoms with Crippen LogP contribution >= 0.6 is 0 Å². The van der Waals surface area contributed by atoms with Crippen LogP contribution in [0.4, 0.5) is 26.3 Å². The summed E-state index contributed by atoms with van der Waals surface area (Å²) in [5, 5.41) is 0. The van der Waals surface area contributed by atoms with Crippen LogP contribution in [-0.2, 0) is 12.8 Å². The van der Waals surface area contributed by atoms with E-state index in [-0.39, 0.29) is 35.7 Å². The molecular formula is C28H32F6O. The van der Waals surface area contributed by atoms with Crippen LogP contribution in [-0.4, -0.2) is 6.36 Å². The standard InChI is InChI=1S/C28H32F6O/c1-2-3-4-5-17-6-8-18(9-7-17)19-10-12-22(24(29)15-19)20-11-13-23-21(14-20)16-25(30)27(26(23)31)35-28(32,33)34/h10,12,15-18,20H,2-9,11,13-14H2,1H3. The third-order valence-corrected chi connectivity index (χ3v) is 7.80. The average Bonchev–Trinajstić information content (AvgIpc) is 2.81. The van der Waals surface area contributed by atoms with Crippen molar-refractivity contribution in [2.24, 2.45) is 5.92 Å². The van der Waals surface area contributed by atoms with Crippen molar-refractivity contribution in [1.29, 1.82) is 0 Å². The molecule has 0 amide bonds. The lowest BCUT2D eigenvalue weighted by Gasteiger charge is -2.30. The molecule has 0 aromatic heterocycles. The van der Waals surface area contributed by atoms with E-state index < -0.39 is 23.7 Å². The molecule has 2 aromatic carbocycles. The number of halogens is 6. The highest BCUT2D eigenvalue weighted by molar-refractivity contribution is 5.43. The second-order valence-electron chi connectivity index (χ2n) is 10.1. The van der Waals surface area contributed by atoms with E-state index in [9.17, 15) is 22.0 Å². The number of ether oxygens (including phenoxy) is 1. The van der Waals surface area contributed by atoms with E-state index in [1.165, 1.54) is 38.5 Å². The number of hydrogen-bond acceptors (Lipinski definition) is 1. The molecule has 1 nitrogen and oxygen atoms in total. The van der Waals surface area contributed by atoms with Crippen molar-refractivity contribution in [1.82, 2.24) is 0 Å². The van der Waals surface area contributed by atoms with Crippen LogP contribution in [0.25, 0.3) is 0 Å². The molecule has 0 radical (unpaired) electrons. The largest absolute Gasteiger partial charge is 0.573 e. The molecule has 0 saturated heterocycles. The minimum Gasteiger partial charge on any atom is -0.399 e. The molecule has 7 heteroatoms. The fourth-order valence-corrected chi connectivity index (χ4v) is 5.90. The molecule has 2 aliphatic rings. The van der Waals surface area contributed by atoms with Crippen molar-refractivity contribution in [3.8, 4) is 5.75 Å². The highest BCUT2D eigenvalue weighted by atomic mass is 19.4. The van der Waals surface area contributed by atoms with Crippen LogP contribution in [0.3, 0.4) is 0 Å². The number of fused-ring (bicyclic) bond motifs is 1. The van der Waals surface area contributed by atoms with Gasteiger partial charge in [0.2, 0.25) is 5.75 Å². The fraction of sp³-hybridized carbons (Fsp3) is 0.571. The molecule has 1 fully saturated rings. The summed E-state index contributed by atoms with van der Waals surface area (Å²) >= 11 is 0. The molecule has 0 spiro atoms. The first-order chi connectivity index (χ1) is 16.7. The second kappa shape index (κ2) is 10.8. The zero-order valence-corrected chi connectivity index (χ0v) is 20.0. The van der Waals surface area contributed by atoms with Gasteiger partial charge in [0.15, 0.2) is 11.6 Å². The van der Waals surface area contributed by atoms with Crippen molar-refractivity contribution >= 4 is 0 Å². The number of rotatable bonds is 7. The second-order valence-corrected chi connectivity index (χ2v) is 10.1. The van der Waals surface area contributed by atoms with E-state index >= 15 is 4.39 Å². The van der Waals surface area contributed by atoms with Gasteiger partial charge in [-0.05, 0) is 97.1 Å². The Labute approximate surface area is 202 Å². The summed E-state index contributed by atoms with van der Waals surface area (Å²) in [5.41, 5.74) is 1.76. The van der Waals surface area contributed by atoms with Crippen molar-refractivity contribution in [2.75, 3.05) is 0 Å². The topological polar surface area (TPSA) is 9.23 Å². The fourth-order valence-electron chi connectivity index (χ4n) is 5.90. The van der Waals surface area contributed by atoms with E-state index in [0.717, 1.165) is 30.4 Å². The maximum atomic E-state index is 15.2. The normalized spacial score (nSPS) is 22.7. The molecule has 4 rings (SSSR count). The average molecular weight is 499 g/mol. The summed E-state index contributed by atoms with van der Waals surface area (Å²) in [4.78, 5) is 0. The predicted octanol–water partition coefficient (Wildman–Crippen LogP) is 9.13. The van der Waals surface area contributed by atoms with Crippen molar-refractivity contribution in [3.63, 3.8) is 0 Å². The molecule has 35 heavy (non-hydrogen) atoms. The molecule has 0 N–H and O–H groups in total. The van der Waals surface area contributed by atoms with E-state index in [4.69, 9.17) is 0 Å². The number of benzene rings is 2. The summed E-state index contributed by atoms with van der Waals surface area (Å²) in [7, 11) is 0. The Bertz CT molecular complexity index is 1020. The third kappa shape index (κ3) is 6.15. The van der Waals surface area contributed by atoms with E-state index in [2.05, 4.69) is 11.7 Å². The summed E-state index contributed by atoms with van der Waals surface area (Å²) in [6.07, 6.45) is 4.96. The Kier molecular flexibility index (Phi) is 8.02. The van der Waals surface area contributed by atoms with Crippen molar-refractivity contribution in [3.05, 3.63) is 64.0 Å². The van der Waals surface area contributed by atoms with Crippen LogP contribution in [0.1, 0.15) is 98.8 Å². The van der Waals surface area contributed by atoms with Crippen molar-refractivity contribution in [2.45, 2.75) is 95.8 Å². The minimum atomic E-state index is -5.19. The highest BCUT2D eigenvalue weighted by Gasteiger charge is 2.36. The van der Waals surface area contributed by atoms with Gasteiger partial charge in [-0.3, -0.25) is 0 Å².